The molecule has 2 N–H and O–H groups in total. The largest absolute Gasteiger partial charge is 0.477 e. The Hall–Kier alpha value is -1.17. The normalized spacial score (nSPS) is 10.4. The van der Waals surface area contributed by atoms with Crippen LogP contribution in [0.15, 0.2) is 24.3 Å². The van der Waals surface area contributed by atoms with Crippen molar-refractivity contribution in [1.29, 1.82) is 0 Å². The first-order valence-corrected chi connectivity index (χ1v) is 6.16. The number of carbonyl (C=O) groups is 1. The maximum Gasteiger partial charge on any atom is 0.345 e. The Morgan fingerprint density at radius 3 is 2.94 bits per heavy atom. The molecule has 17 heavy (non-hydrogen) atoms. The Kier molecular flexibility index (Phi) is 5.90. The zero-order valence-corrected chi connectivity index (χ0v) is 10.7. The van der Waals surface area contributed by atoms with Gasteiger partial charge < -0.3 is 15.2 Å². The molecule has 0 saturated carbocycles. The Morgan fingerprint density at radius 1 is 1.59 bits per heavy atom. The molecule has 0 saturated heterocycles. The van der Waals surface area contributed by atoms with Crippen molar-refractivity contribution in [3.05, 3.63) is 34.0 Å². The Bertz CT molecular complexity index is 387. The van der Waals surface area contributed by atoms with Gasteiger partial charge in [-0.05, 0) is 19.1 Å². The molecule has 0 spiro atoms. The van der Waals surface area contributed by atoms with Crippen LogP contribution in [-0.2, 0) is 11.3 Å². The highest BCUT2D eigenvalue weighted by Crippen LogP contribution is 2.15. The monoisotopic (exact) mass is 255 g/mol. The predicted molar refractivity (Wildman–Crippen MR) is 68.6 cm³/mol. The van der Waals surface area contributed by atoms with Crippen molar-refractivity contribution in [3.63, 3.8) is 0 Å². The summed E-state index contributed by atoms with van der Waals surface area (Å²) in [5.41, 5.74) is 1.01. The first-order chi connectivity index (χ1) is 8.09. The number of thiophene rings is 1. The number of rotatable bonds is 8. The van der Waals surface area contributed by atoms with Gasteiger partial charge in [0.2, 0.25) is 0 Å². The van der Waals surface area contributed by atoms with E-state index in [1.165, 1.54) is 11.3 Å². The van der Waals surface area contributed by atoms with Crippen molar-refractivity contribution in [2.24, 2.45) is 0 Å². The molecule has 0 aliphatic carbocycles. The highest BCUT2D eigenvalue weighted by atomic mass is 32.1. The summed E-state index contributed by atoms with van der Waals surface area (Å²) in [6.45, 7) is 8.30. The van der Waals surface area contributed by atoms with Gasteiger partial charge in [0.1, 0.15) is 4.88 Å². The molecule has 1 heterocycles. The van der Waals surface area contributed by atoms with Gasteiger partial charge in [-0.1, -0.05) is 12.2 Å². The van der Waals surface area contributed by atoms with Gasteiger partial charge in [-0.25, -0.2) is 4.79 Å². The van der Waals surface area contributed by atoms with Crippen molar-refractivity contribution in [2.75, 3.05) is 19.8 Å². The minimum Gasteiger partial charge on any atom is -0.477 e. The Labute approximate surface area is 105 Å². The second-order valence-corrected chi connectivity index (χ2v) is 4.93. The number of nitrogens with one attached hydrogen (secondary N) is 1. The molecule has 0 unspecified atom stereocenters. The van der Waals surface area contributed by atoms with Gasteiger partial charge in [-0.3, -0.25) is 0 Å². The maximum absolute atomic E-state index is 10.7. The van der Waals surface area contributed by atoms with Crippen molar-refractivity contribution in [3.8, 4) is 0 Å². The molecular weight excluding hydrogens is 238 g/mol. The van der Waals surface area contributed by atoms with Crippen LogP contribution in [0, 0.1) is 0 Å². The van der Waals surface area contributed by atoms with Crippen LogP contribution in [0.4, 0.5) is 0 Å². The molecule has 0 aliphatic heterocycles. The van der Waals surface area contributed by atoms with E-state index in [1.807, 2.05) is 13.0 Å². The zero-order chi connectivity index (χ0) is 12.7. The molecule has 1 aromatic heterocycles. The fraction of sp³-hybridized carbons (Fsp3) is 0.417. The van der Waals surface area contributed by atoms with Gasteiger partial charge in [0, 0.05) is 18.0 Å². The molecule has 1 aromatic rings. The molecule has 0 aliphatic rings. The van der Waals surface area contributed by atoms with E-state index in [2.05, 4.69) is 11.9 Å². The molecule has 0 aromatic carbocycles. The van der Waals surface area contributed by atoms with Gasteiger partial charge in [-0.2, -0.15) is 0 Å². The van der Waals surface area contributed by atoms with Crippen molar-refractivity contribution in [2.45, 2.75) is 13.5 Å². The minimum absolute atomic E-state index is 0.375. The fourth-order valence-corrected chi connectivity index (χ4v) is 2.01. The third-order valence-corrected chi connectivity index (χ3v) is 3.02. The highest BCUT2D eigenvalue weighted by molar-refractivity contribution is 7.13. The van der Waals surface area contributed by atoms with Gasteiger partial charge in [0.25, 0.3) is 0 Å². The Morgan fingerprint density at radius 2 is 2.35 bits per heavy atom. The quantitative estimate of drug-likeness (QED) is 0.552. The van der Waals surface area contributed by atoms with Gasteiger partial charge >= 0.3 is 5.97 Å². The summed E-state index contributed by atoms with van der Waals surface area (Å²) in [6.07, 6.45) is 0. The van der Waals surface area contributed by atoms with Gasteiger partial charge in [0.05, 0.1) is 13.2 Å². The van der Waals surface area contributed by atoms with Crippen LogP contribution in [0.25, 0.3) is 0 Å². The third-order valence-electron chi connectivity index (χ3n) is 1.94. The second-order valence-electron chi connectivity index (χ2n) is 3.76. The summed E-state index contributed by atoms with van der Waals surface area (Å²) >= 11 is 1.29. The molecule has 0 atom stereocenters. The summed E-state index contributed by atoms with van der Waals surface area (Å²) in [5, 5.41) is 11.9. The van der Waals surface area contributed by atoms with E-state index < -0.39 is 5.97 Å². The lowest BCUT2D eigenvalue weighted by Crippen LogP contribution is -2.19. The fourth-order valence-electron chi connectivity index (χ4n) is 1.19. The van der Waals surface area contributed by atoms with Crippen LogP contribution in [0.5, 0.6) is 0 Å². The molecule has 1 rings (SSSR count). The molecule has 0 radical (unpaired) electrons. The van der Waals surface area contributed by atoms with Crippen LogP contribution in [0.2, 0.25) is 0 Å². The summed E-state index contributed by atoms with van der Waals surface area (Å²) in [4.78, 5) is 12.0. The number of hydrogen-bond donors (Lipinski definition) is 2. The Balaban J connectivity index is 2.13. The molecule has 0 amide bonds. The van der Waals surface area contributed by atoms with Crippen molar-refractivity contribution >= 4 is 17.3 Å². The van der Waals surface area contributed by atoms with E-state index in [4.69, 9.17) is 9.84 Å². The van der Waals surface area contributed by atoms with Crippen LogP contribution >= 0.6 is 11.3 Å². The molecule has 94 valence electrons. The average molecular weight is 255 g/mol. The van der Waals surface area contributed by atoms with Crippen molar-refractivity contribution in [1.82, 2.24) is 5.32 Å². The van der Waals surface area contributed by atoms with E-state index in [9.17, 15) is 4.79 Å². The van der Waals surface area contributed by atoms with Crippen LogP contribution < -0.4 is 5.32 Å². The number of ether oxygens (including phenoxy) is 1. The number of aromatic carboxylic acids is 1. The zero-order valence-electron chi connectivity index (χ0n) is 9.86. The standard InChI is InChI=1S/C12H17NO3S/c1-9(2)8-16-6-5-13-7-10-3-4-11(17-10)12(14)15/h3-4,13H,1,5-8H2,2H3,(H,14,15). The summed E-state index contributed by atoms with van der Waals surface area (Å²) in [7, 11) is 0. The summed E-state index contributed by atoms with van der Waals surface area (Å²) < 4.78 is 5.32. The van der Waals surface area contributed by atoms with E-state index >= 15 is 0 Å². The lowest BCUT2D eigenvalue weighted by Gasteiger charge is -2.04. The SMILES string of the molecule is C=C(C)COCCNCc1ccc(C(=O)O)s1. The van der Waals surface area contributed by atoms with Crippen LogP contribution in [0.3, 0.4) is 0 Å². The smallest absolute Gasteiger partial charge is 0.345 e. The lowest BCUT2D eigenvalue weighted by molar-refractivity contribution is 0.0702. The number of hydrogen-bond acceptors (Lipinski definition) is 4. The predicted octanol–water partition coefficient (Wildman–Crippen LogP) is 2.13. The van der Waals surface area contributed by atoms with E-state index in [1.54, 1.807) is 6.07 Å². The molecule has 4 nitrogen and oxygen atoms in total. The summed E-state index contributed by atoms with van der Waals surface area (Å²) in [6, 6.07) is 3.46. The third kappa shape index (κ3) is 5.63. The molecule has 5 heteroatoms. The number of carboxylic acids is 1. The van der Waals surface area contributed by atoms with E-state index in [-0.39, 0.29) is 0 Å². The topological polar surface area (TPSA) is 58.6 Å². The lowest BCUT2D eigenvalue weighted by atomic mass is 10.4. The molecule has 0 fully saturated rings. The highest BCUT2D eigenvalue weighted by Gasteiger charge is 2.05. The van der Waals surface area contributed by atoms with Crippen molar-refractivity contribution < 1.29 is 14.6 Å². The molecular formula is C12H17NO3S. The minimum atomic E-state index is -0.869. The second kappa shape index (κ2) is 7.21. The summed E-state index contributed by atoms with van der Waals surface area (Å²) in [5.74, 6) is -0.869. The van der Waals surface area contributed by atoms with Crippen LogP contribution in [0.1, 0.15) is 21.5 Å². The first-order valence-electron chi connectivity index (χ1n) is 5.34. The van der Waals surface area contributed by atoms with Crippen LogP contribution in [-0.4, -0.2) is 30.8 Å². The first kappa shape index (κ1) is 13.9. The maximum atomic E-state index is 10.7. The van der Waals surface area contributed by atoms with Gasteiger partial charge in [-0.15, -0.1) is 11.3 Å². The molecule has 0 bridgehead atoms. The van der Waals surface area contributed by atoms with E-state index in [0.717, 1.165) is 17.0 Å². The average Bonchev–Trinajstić information content (AvgIpc) is 2.71. The number of carboxylic acid groups (broad SMARTS) is 1. The van der Waals surface area contributed by atoms with E-state index in [0.29, 0.717) is 24.6 Å². The van der Waals surface area contributed by atoms with Gasteiger partial charge in [0.15, 0.2) is 0 Å².